The molecule has 1 unspecified atom stereocenters. The molecule has 1 amide bonds. The number of hydrogen-bond acceptors (Lipinski definition) is 4. The number of hydrogen-bond donors (Lipinski definition) is 0. The zero-order valence-electron chi connectivity index (χ0n) is 14.1. The molecule has 24 heavy (non-hydrogen) atoms. The van der Waals surface area contributed by atoms with Crippen LogP contribution in [0.4, 0.5) is 5.69 Å². The van der Waals surface area contributed by atoms with E-state index in [1.807, 2.05) is 41.3 Å². The molecule has 1 aliphatic heterocycles. The van der Waals surface area contributed by atoms with Gasteiger partial charge in [-0.05, 0) is 36.8 Å². The van der Waals surface area contributed by atoms with Gasteiger partial charge in [0.2, 0.25) is 5.91 Å². The highest BCUT2D eigenvalue weighted by Gasteiger charge is 2.28. The zero-order chi connectivity index (χ0) is 17.1. The number of para-hydroxylation sites is 1. The first-order valence-corrected chi connectivity index (χ1v) is 8.87. The maximum atomic E-state index is 12.9. The first kappa shape index (κ1) is 16.7. The Morgan fingerprint density at radius 3 is 2.67 bits per heavy atom. The lowest BCUT2D eigenvalue weighted by atomic mass is 10.1. The predicted molar refractivity (Wildman–Crippen MR) is 97.4 cm³/mol. The van der Waals surface area contributed by atoms with Gasteiger partial charge in [-0.2, -0.15) is 0 Å². The third-order valence-corrected chi connectivity index (χ3v) is 5.42. The van der Waals surface area contributed by atoms with E-state index in [4.69, 9.17) is 9.47 Å². The lowest BCUT2D eigenvalue weighted by molar-refractivity contribution is -0.118. The van der Waals surface area contributed by atoms with Crippen molar-refractivity contribution in [1.29, 1.82) is 0 Å². The topological polar surface area (TPSA) is 38.8 Å². The summed E-state index contributed by atoms with van der Waals surface area (Å²) in [7, 11) is 3.20. The fraction of sp³-hybridized carbons (Fsp3) is 0.316. The van der Waals surface area contributed by atoms with Crippen LogP contribution >= 0.6 is 11.8 Å². The van der Waals surface area contributed by atoms with E-state index < -0.39 is 0 Å². The van der Waals surface area contributed by atoms with Crippen LogP contribution in [-0.2, 0) is 11.2 Å². The van der Waals surface area contributed by atoms with E-state index in [2.05, 4.69) is 13.0 Å². The molecule has 0 saturated heterocycles. The van der Waals surface area contributed by atoms with Gasteiger partial charge in [0.25, 0.3) is 0 Å². The molecule has 2 aromatic carbocycles. The second-order valence-corrected chi connectivity index (χ2v) is 6.82. The molecule has 0 radical (unpaired) electrons. The molecule has 0 aromatic heterocycles. The average molecular weight is 343 g/mol. The van der Waals surface area contributed by atoms with E-state index >= 15 is 0 Å². The van der Waals surface area contributed by atoms with Crippen molar-refractivity contribution in [2.75, 3.05) is 24.9 Å². The van der Waals surface area contributed by atoms with Crippen LogP contribution in [0.25, 0.3) is 0 Å². The summed E-state index contributed by atoms with van der Waals surface area (Å²) in [5.74, 6) is 2.32. The Bertz CT molecular complexity index is 747. The van der Waals surface area contributed by atoms with Crippen molar-refractivity contribution in [2.24, 2.45) is 0 Å². The van der Waals surface area contributed by atoms with E-state index in [-0.39, 0.29) is 11.9 Å². The molecule has 4 nitrogen and oxygen atoms in total. The number of thioether (sulfide) groups is 1. The number of nitrogens with zero attached hydrogens (tertiary/aromatic N) is 1. The summed E-state index contributed by atoms with van der Waals surface area (Å²) in [5, 5.41) is 0. The Labute approximate surface area is 146 Å². The molecule has 1 atom stereocenters. The molecule has 3 rings (SSSR count). The molecule has 2 aromatic rings. The predicted octanol–water partition coefficient (Wildman–Crippen LogP) is 3.77. The van der Waals surface area contributed by atoms with Crippen LogP contribution in [0.2, 0.25) is 0 Å². The summed E-state index contributed by atoms with van der Waals surface area (Å²) in [4.78, 5) is 16.0. The van der Waals surface area contributed by atoms with E-state index in [9.17, 15) is 4.79 Å². The van der Waals surface area contributed by atoms with Crippen LogP contribution in [0, 0.1) is 0 Å². The summed E-state index contributed by atoms with van der Waals surface area (Å²) in [5.41, 5.74) is 1.92. The van der Waals surface area contributed by atoms with Gasteiger partial charge in [-0.1, -0.05) is 18.2 Å². The smallest absolute Gasteiger partial charge is 0.231 e. The van der Waals surface area contributed by atoms with E-state index in [0.717, 1.165) is 21.9 Å². The van der Waals surface area contributed by atoms with E-state index in [1.54, 1.807) is 26.0 Å². The number of carbonyl (C=O) groups is 1. The van der Waals surface area contributed by atoms with Gasteiger partial charge < -0.3 is 14.4 Å². The molecule has 0 N–H and O–H groups in total. The highest BCUT2D eigenvalue weighted by molar-refractivity contribution is 7.99. The number of anilines is 1. The number of benzene rings is 2. The Hall–Kier alpha value is -2.14. The molecule has 1 heterocycles. The van der Waals surface area contributed by atoms with Crippen LogP contribution in [-0.4, -0.2) is 31.9 Å². The second-order valence-electron chi connectivity index (χ2n) is 5.76. The van der Waals surface area contributed by atoms with Crippen molar-refractivity contribution in [3.63, 3.8) is 0 Å². The molecule has 1 aliphatic rings. The SMILES string of the molecule is COc1ccc(CC(=O)N2c3ccccc3SCC2C)cc1OC. The van der Waals surface area contributed by atoms with Crippen LogP contribution in [0.15, 0.2) is 47.4 Å². The summed E-state index contributed by atoms with van der Waals surface area (Å²) in [6, 6.07) is 13.9. The van der Waals surface area contributed by atoms with Crippen molar-refractivity contribution in [3.8, 4) is 11.5 Å². The number of fused-ring (bicyclic) bond motifs is 1. The molecule has 0 spiro atoms. The Kier molecular flexibility index (Phi) is 5.00. The zero-order valence-corrected chi connectivity index (χ0v) is 14.9. The minimum atomic E-state index is 0.0995. The first-order valence-electron chi connectivity index (χ1n) is 7.89. The van der Waals surface area contributed by atoms with Gasteiger partial charge in [0.15, 0.2) is 11.5 Å². The monoisotopic (exact) mass is 343 g/mol. The lowest BCUT2D eigenvalue weighted by Crippen LogP contribution is -2.43. The Morgan fingerprint density at radius 1 is 1.17 bits per heavy atom. The van der Waals surface area contributed by atoms with Crippen molar-refractivity contribution in [1.82, 2.24) is 0 Å². The third kappa shape index (κ3) is 3.22. The van der Waals surface area contributed by atoms with Crippen LogP contribution in [0.5, 0.6) is 11.5 Å². The number of carbonyl (C=O) groups excluding carboxylic acids is 1. The van der Waals surface area contributed by atoms with Gasteiger partial charge >= 0.3 is 0 Å². The van der Waals surface area contributed by atoms with Crippen molar-refractivity contribution in [3.05, 3.63) is 48.0 Å². The summed E-state index contributed by atoms with van der Waals surface area (Å²) >= 11 is 1.80. The molecule has 0 bridgehead atoms. The standard InChI is InChI=1S/C19H21NO3S/c1-13-12-24-18-7-5-4-6-15(18)20(13)19(21)11-14-8-9-16(22-2)17(10-14)23-3/h4-10,13H,11-12H2,1-3H3. The number of rotatable bonds is 4. The highest BCUT2D eigenvalue weighted by Crippen LogP contribution is 2.37. The normalized spacial score (nSPS) is 16.5. The number of ether oxygens (including phenoxy) is 2. The quantitative estimate of drug-likeness (QED) is 0.847. The fourth-order valence-electron chi connectivity index (χ4n) is 2.93. The highest BCUT2D eigenvalue weighted by atomic mass is 32.2. The molecule has 5 heteroatoms. The molecular weight excluding hydrogens is 322 g/mol. The summed E-state index contributed by atoms with van der Waals surface area (Å²) in [6.07, 6.45) is 0.337. The summed E-state index contributed by atoms with van der Waals surface area (Å²) < 4.78 is 10.6. The third-order valence-electron chi connectivity index (χ3n) is 4.12. The largest absolute Gasteiger partial charge is 0.493 e. The molecule has 126 valence electrons. The van der Waals surface area contributed by atoms with Crippen molar-refractivity contribution < 1.29 is 14.3 Å². The average Bonchev–Trinajstić information content (AvgIpc) is 2.61. The molecule has 0 fully saturated rings. The van der Waals surface area contributed by atoms with E-state index in [1.165, 1.54) is 0 Å². The molecule has 0 saturated carbocycles. The number of methoxy groups -OCH3 is 2. The minimum absolute atomic E-state index is 0.0995. The van der Waals surface area contributed by atoms with Gasteiger partial charge in [-0.3, -0.25) is 4.79 Å². The Morgan fingerprint density at radius 2 is 1.92 bits per heavy atom. The van der Waals surface area contributed by atoms with Crippen LogP contribution in [0.1, 0.15) is 12.5 Å². The van der Waals surface area contributed by atoms with E-state index in [0.29, 0.717) is 17.9 Å². The Balaban J connectivity index is 1.85. The first-order chi connectivity index (χ1) is 11.6. The van der Waals surface area contributed by atoms with Crippen molar-refractivity contribution >= 4 is 23.4 Å². The maximum Gasteiger partial charge on any atom is 0.231 e. The fourth-order valence-corrected chi connectivity index (χ4v) is 3.99. The van der Waals surface area contributed by atoms with Crippen molar-refractivity contribution in [2.45, 2.75) is 24.3 Å². The number of amides is 1. The molecule has 0 aliphatic carbocycles. The molecular formula is C19H21NO3S. The minimum Gasteiger partial charge on any atom is -0.493 e. The van der Waals surface area contributed by atoms with Gasteiger partial charge in [0.05, 0.1) is 26.3 Å². The maximum absolute atomic E-state index is 12.9. The van der Waals surface area contributed by atoms with Gasteiger partial charge in [-0.25, -0.2) is 0 Å². The summed E-state index contributed by atoms with van der Waals surface area (Å²) in [6.45, 7) is 2.09. The van der Waals surface area contributed by atoms with Crippen LogP contribution in [0.3, 0.4) is 0 Å². The van der Waals surface area contributed by atoms with Gasteiger partial charge in [0.1, 0.15) is 0 Å². The van der Waals surface area contributed by atoms with Gasteiger partial charge in [0, 0.05) is 16.7 Å². The van der Waals surface area contributed by atoms with Gasteiger partial charge in [-0.15, -0.1) is 11.8 Å². The second kappa shape index (κ2) is 7.18. The van der Waals surface area contributed by atoms with Crippen LogP contribution < -0.4 is 14.4 Å². The lowest BCUT2D eigenvalue weighted by Gasteiger charge is -2.35.